The van der Waals surface area contributed by atoms with Crippen molar-refractivity contribution < 1.29 is 4.79 Å². The lowest BCUT2D eigenvalue weighted by atomic mass is 9.80. The summed E-state index contributed by atoms with van der Waals surface area (Å²) in [5.41, 5.74) is 3.99. The Morgan fingerprint density at radius 2 is 1.97 bits per heavy atom. The monoisotopic (exact) mass is 458 g/mol. The van der Waals surface area contributed by atoms with Gasteiger partial charge in [-0.3, -0.25) is 9.89 Å². The molecule has 1 amide bonds. The number of anilines is 2. The van der Waals surface area contributed by atoms with Crippen LogP contribution in [0.1, 0.15) is 48.8 Å². The molecule has 6 rings (SSSR count). The number of carbonyl (C=O) groups excluding carboxylic acids is 1. The number of hydrogen-bond acceptors (Lipinski definition) is 6. The van der Waals surface area contributed by atoms with Gasteiger partial charge in [-0.2, -0.15) is 5.10 Å². The van der Waals surface area contributed by atoms with Gasteiger partial charge in [0.1, 0.15) is 5.82 Å². The highest BCUT2D eigenvalue weighted by Gasteiger charge is 2.49. The fourth-order valence-electron chi connectivity index (χ4n) is 5.14. The van der Waals surface area contributed by atoms with Crippen LogP contribution in [0.2, 0.25) is 0 Å². The van der Waals surface area contributed by atoms with E-state index in [1.54, 1.807) is 11.3 Å². The number of rotatable bonds is 5. The molecule has 0 radical (unpaired) electrons. The zero-order valence-electron chi connectivity index (χ0n) is 18.8. The van der Waals surface area contributed by atoms with Crippen LogP contribution in [-0.2, 0) is 16.6 Å². The number of carbonyl (C=O) groups is 1. The van der Waals surface area contributed by atoms with Crippen molar-refractivity contribution >= 4 is 39.1 Å². The van der Waals surface area contributed by atoms with Crippen molar-refractivity contribution in [3.63, 3.8) is 0 Å². The number of benzene rings is 1. The first-order chi connectivity index (χ1) is 15.9. The maximum atomic E-state index is 13.3. The lowest BCUT2D eigenvalue weighted by Crippen LogP contribution is -2.41. The van der Waals surface area contributed by atoms with Gasteiger partial charge in [-0.1, -0.05) is 44.2 Å². The fraction of sp³-hybridized carbons (Fsp3) is 0.360. The number of hydrogen-bond donors (Lipinski definition) is 3. The van der Waals surface area contributed by atoms with Gasteiger partial charge in [0.2, 0.25) is 5.91 Å². The topological polar surface area (TPSA) is 95.6 Å². The van der Waals surface area contributed by atoms with Gasteiger partial charge in [-0.05, 0) is 36.8 Å². The SMILES string of the molecule is Cc1nc(Nc2n[nH]c3c2CC(C(=O)N[C@H]2C[C@@H]2c2ccccc2)C3(C)C)c2sccc2n1. The second-order valence-corrected chi connectivity index (χ2v) is 10.6. The van der Waals surface area contributed by atoms with Gasteiger partial charge in [-0.25, -0.2) is 9.97 Å². The first-order valence-corrected chi connectivity index (χ1v) is 12.2. The number of thiophene rings is 1. The van der Waals surface area contributed by atoms with E-state index in [1.165, 1.54) is 5.56 Å². The van der Waals surface area contributed by atoms with E-state index in [1.807, 2.05) is 24.4 Å². The minimum Gasteiger partial charge on any atom is -0.352 e. The van der Waals surface area contributed by atoms with Crippen LogP contribution in [0.15, 0.2) is 41.8 Å². The highest BCUT2D eigenvalue weighted by Crippen LogP contribution is 2.46. The summed E-state index contributed by atoms with van der Waals surface area (Å²) in [6, 6.07) is 12.7. The Labute approximate surface area is 196 Å². The lowest BCUT2D eigenvalue weighted by molar-refractivity contribution is -0.126. The average molecular weight is 459 g/mol. The second-order valence-electron chi connectivity index (χ2n) is 9.65. The smallest absolute Gasteiger partial charge is 0.224 e. The van der Waals surface area contributed by atoms with Crippen molar-refractivity contribution in [2.45, 2.75) is 51.0 Å². The predicted molar refractivity (Wildman–Crippen MR) is 130 cm³/mol. The number of aryl methyl sites for hydroxylation is 1. The van der Waals surface area contributed by atoms with Crippen LogP contribution < -0.4 is 10.6 Å². The van der Waals surface area contributed by atoms with Crippen molar-refractivity contribution in [2.75, 3.05) is 5.32 Å². The van der Waals surface area contributed by atoms with Crippen LogP contribution in [0, 0.1) is 12.8 Å². The first-order valence-electron chi connectivity index (χ1n) is 11.3. The summed E-state index contributed by atoms with van der Waals surface area (Å²) in [7, 11) is 0. The quantitative estimate of drug-likeness (QED) is 0.407. The third kappa shape index (κ3) is 3.40. The molecule has 0 bridgehead atoms. The molecule has 1 aromatic carbocycles. The number of amides is 1. The summed E-state index contributed by atoms with van der Waals surface area (Å²) in [5, 5.41) is 16.5. The van der Waals surface area contributed by atoms with E-state index in [4.69, 9.17) is 0 Å². The molecule has 0 spiro atoms. The molecule has 1 saturated carbocycles. The van der Waals surface area contributed by atoms with Gasteiger partial charge in [0, 0.05) is 28.6 Å². The molecule has 3 N–H and O–H groups in total. The van der Waals surface area contributed by atoms with Gasteiger partial charge >= 0.3 is 0 Å². The number of aromatic nitrogens is 4. The van der Waals surface area contributed by atoms with E-state index in [0.717, 1.165) is 39.5 Å². The Bertz CT molecular complexity index is 1360. The number of fused-ring (bicyclic) bond motifs is 2. The Hall–Kier alpha value is -3.26. The normalized spacial score (nSPS) is 22.8. The van der Waals surface area contributed by atoms with E-state index in [9.17, 15) is 4.79 Å². The molecule has 2 aliphatic carbocycles. The molecular weight excluding hydrogens is 432 g/mol. The zero-order chi connectivity index (χ0) is 22.7. The molecule has 8 heteroatoms. The van der Waals surface area contributed by atoms with Crippen LogP contribution in [0.25, 0.3) is 10.2 Å². The molecule has 0 aliphatic heterocycles. The van der Waals surface area contributed by atoms with E-state index in [0.29, 0.717) is 18.2 Å². The molecule has 0 saturated heterocycles. The number of nitrogens with one attached hydrogen (secondary N) is 3. The van der Waals surface area contributed by atoms with E-state index in [-0.39, 0.29) is 23.3 Å². The van der Waals surface area contributed by atoms with Crippen LogP contribution in [-0.4, -0.2) is 32.1 Å². The maximum Gasteiger partial charge on any atom is 0.224 e. The Morgan fingerprint density at radius 1 is 1.15 bits per heavy atom. The van der Waals surface area contributed by atoms with E-state index >= 15 is 0 Å². The molecule has 33 heavy (non-hydrogen) atoms. The highest BCUT2D eigenvalue weighted by atomic mass is 32.1. The molecule has 2 aliphatic rings. The summed E-state index contributed by atoms with van der Waals surface area (Å²) in [4.78, 5) is 22.4. The summed E-state index contributed by atoms with van der Waals surface area (Å²) in [6.45, 7) is 6.14. The van der Waals surface area contributed by atoms with Crippen molar-refractivity contribution in [2.24, 2.45) is 5.92 Å². The zero-order valence-corrected chi connectivity index (χ0v) is 19.7. The van der Waals surface area contributed by atoms with Crippen LogP contribution in [0.3, 0.4) is 0 Å². The average Bonchev–Trinajstić information content (AvgIpc) is 3.09. The Balaban J connectivity index is 1.21. The van der Waals surface area contributed by atoms with Crippen molar-refractivity contribution in [3.05, 3.63) is 64.4 Å². The number of nitrogens with zero attached hydrogens (tertiary/aromatic N) is 3. The molecule has 1 fully saturated rings. The molecule has 3 atom stereocenters. The van der Waals surface area contributed by atoms with Crippen molar-refractivity contribution in [3.8, 4) is 0 Å². The molecule has 7 nitrogen and oxygen atoms in total. The third-order valence-electron chi connectivity index (χ3n) is 7.11. The summed E-state index contributed by atoms with van der Waals surface area (Å²) >= 11 is 1.61. The highest BCUT2D eigenvalue weighted by molar-refractivity contribution is 7.17. The van der Waals surface area contributed by atoms with Gasteiger partial charge in [0.15, 0.2) is 11.6 Å². The summed E-state index contributed by atoms with van der Waals surface area (Å²) < 4.78 is 1.00. The maximum absolute atomic E-state index is 13.3. The van der Waals surface area contributed by atoms with Crippen LogP contribution in [0.4, 0.5) is 11.6 Å². The van der Waals surface area contributed by atoms with E-state index < -0.39 is 0 Å². The second kappa shape index (κ2) is 7.38. The molecule has 3 aromatic heterocycles. The molecular formula is C25H26N6OS. The molecule has 3 heterocycles. The minimum atomic E-state index is -0.330. The van der Waals surface area contributed by atoms with Crippen LogP contribution in [0.5, 0.6) is 0 Å². The van der Waals surface area contributed by atoms with E-state index in [2.05, 4.69) is 68.9 Å². The van der Waals surface area contributed by atoms with Crippen molar-refractivity contribution in [1.82, 2.24) is 25.5 Å². The molecule has 168 valence electrons. The predicted octanol–water partition coefficient (Wildman–Crippen LogP) is 4.59. The van der Waals surface area contributed by atoms with Crippen molar-refractivity contribution in [1.29, 1.82) is 0 Å². The Kier molecular flexibility index (Phi) is 4.55. The van der Waals surface area contributed by atoms with Gasteiger partial charge in [-0.15, -0.1) is 11.3 Å². The standard InChI is InChI=1S/C25H26N6OS/c1-13-26-18-9-10-33-20(18)23(27-13)29-22-16-11-17(25(2,3)21(16)30-31-22)24(32)28-19-12-15(19)14-7-5-4-6-8-14/h4-10,15,17,19H,11-12H2,1-3H3,(H,28,32)(H2,26,27,29,30,31)/t15-,17?,19+/m1/s1. The molecule has 4 aromatic rings. The molecule has 1 unspecified atom stereocenters. The Morgan fingerprint density at radius 3 is 2.79 bits per heavy atom. The first kappa shape index (κ1) is 20.4. The van der Waals surface area contributed by atoms with Gasteiger partial charge < -0.3 is 10.6 Å². The summed E-state index contributed by atoms with van der Waals surface area (Å²) in [6.07, 6.45) is 1.65. The third-order valence-corrected chi connectivity index (χ3v) is 8.02. The fourth-order valence-corrected chi connectivity index (χ4v) is 5.91. The van der Waals surface area contributed by atoms with Crippen LogP contribution >= 0.6 is 11.3 Å². The lowest BCUT2D eigenvalue weighted by Gasteiger charge is -2.26. The summed E-state index contributed by atoms with van der Waals surface area (Å²) in [5.74, 6) is 2.62. The number of aromatic amines is 1. The number of H-pyrrole nitrogens is 1. The van der Waals surface area contributed by atoms with Gasteiger partial charge in [0.25, 0.3) is 0 Å². The minimum absolute atomic E-state index is 0.123. The largest absolute Gasteiger partial charge is 0.352 e. The van der Waals surface area contributed by atoms with Gasteiger partial charge in [0.05, 0.1) is 16.1 Å².